The molecule has 0 aromatic carbocycles. The average Bonchev–Trinajstić information content (AvgIpc) is 2.63. The molecule has 1 aliphatic heterocycles. The molecule has 2 heterocycles. The van der Waals surface area contributed by atoms with Gasteiger partial charge in [-0.05, 0) is 18.6 Å². The topological polar surface area (TPSA) is 33.2 Å². The van der Waals surface area contributed by atoms with Gasteiger partial charge in [0, 0.05) is 24.1 Å². The number of carbonyl (C=O) groups excluding carboxylic acids is 1. The Morgan fingerprint density at radius 3 is 2.62 bits per heavy atom. The zero-order chi connectivity index (χ0) is 11.8. The smallest absolute Gasteiger partial charge is 0.228 e. The third kappa shape index (κ3) is 2.08. The minimum absolute atomic E-state index is 0.0266. The van der Waals surface area contributed by atoms with Crippen LogP contribution < -0.4 is 4.90 Å². The molecule has 3 heteroatoms. The summed E-state index contributed by atoms with van der Waals surface area (Å²) >= 11 is 0. The molecular weight excluding hydrogens is 200 g/mol. The van der Waals surface area contributed by atoms with Crippen LogP contribution in [0.15, 0.2) is 18.2 Å². The Kier molecular flexibility index (Phi) is 2.70. The Hall–Kier alpha value is -1.38. The van der Waals surface area contributed by atoms with Gasteiger partial charge in [-0.1, -0.05) is 26.8 Å². The Morgan fingerprint density at radius 1 is 1.31 bits per heavy atom. The first-order valence-corrected chi connectivity index (χ1v) is 5.76. The second-order valence-corrected chi connectivity index (χ2v) is 5.28. The van der Waals surface area contributed by atoms with E-state index in [9.17, 15) is 4.79 Å². The highest BCUT2D eigenvalue weighted by atomic mass is 16.2. The van der Waals surface area contributed by atoms with Crippen LogP contribution in [-0.4, -0.2) is 17.4 Å². The third-order valence-electron chi connectivity index (χ3n) is 2.85. The van der Waals surface area contributed by atoms with Crippen molar-refractivity contribution in [2.75, 3.05) is 11.4 Å². The van der Waals surface area contributed by atoms with Gasteiger partial charge in [0.1, 0.15) is 5.82 Å². The van der Waals surface area contributed by atoms with Crippen LogP contribution in [0.5, 0.6) is 0 Å². The van der Waals surface area contributed by atoms with Crippen LogP contribution >= 0.6 is 0 Å². The predicted octanol–water partition coefficient (Wildman–Crippen LogP) is 2.51. The molecule has 0 N–H and O–H groups in total. The average molecular weight is 218 g/mol. The second-order valence-electron chi connectivity index (χ2n) is 5.28. The summed E-state index contributed by atoms with van der Waals surface area (Å²) in [5, 5.41) is 0. The van der Waals surface area contributed by atoms with Gasteiger partial charge < -0.3 is 0 Å². The molecule has 0 spiro atoms. The lowest BCUT2D eigenvalue weighted by Gasteiger charge is -2.21. The summed E-state index contributed by atoms with van der Waals surface area (Å²) < 4.78 is 0. The number of nitrogens with zero attached hydrogens (tertiary/aromatic N) is 2. The lowest BCUT2D eigenvalue weighted by molar-refractivity contribution is -0.117. The standard InChI is InChI=1S/C13H18N2O/c1-13(2,3)10-6-4-7-11(14-10)15-9-5-8-12(15)16/h4,6-7H,5,8-9H2,1-3H3. The van der Waals surface area contributed by atoms with Gasteiger partial charge in [0.15, 0.2) is 0 Å². The van der Waals surface area contributed by atoms with E-state index in [-0.39, 0.29) is 11.3 Å². The molecule has 2 rings (SSSR count). The summed E-state index contributed by atoms with van der Waals surface area (Å²) in [5.41, 5.74) is 1.06. The van der Waals surface area contributed by atoms with Gasteiger partial charge in [-0.25, -0.2) is 4.98 Å². The van der Waals surface area contributed by atoms with Crippen molar-refractivity contribution in [1.29, 1.82) is 0 Å². The first-order valence-electron chi connectivity index (χ1n) is 5.76. The lowest BCUT2D eigenvalue weighted by atomic mass is 9.92. The van der Waals surface area contributed by atoms with Crippen molar-refractivity contribution < 1.29 is 4.79 Å². The van der Waals surface area contributed by atoms with Crippen molar-refractivity contribution >= 4 is 11.7 Å². The molecule has 1 aromatic rings. The Balaban J connectivity index is 2.32. The first-order chi connectivity index (χ1) is 7.48. The number of anilines is 1. The van der Waals surface area contributed by atoms with Crippen LogP contribution in [-0.2, 0) is 10.2 Å². The van der Waals surface area contributed by atoms with E-state index in [1.807, 2.05) is 18.2 Å². The van der Waals surface area contributed by atoms with E-state index in [0.29, 0.717) is 6.42 Å². The van der Waals surface area contributed by atoms with Crippen LogP contribution in [0.3, 0.4) is 0 Å². The normalized spacial score (nSPS) is 16.9. The highest BCUT2D eigenvalue weighted by molar-refractivity contribution is 5.94. The Morgan fingerprint density at radius 2 is 2.06 bits per heavy atom. The highest BCUT2D eigenvalue weighted by Crippen LogP contribution is 2.24. The molecule has 1 saturated heterocycles. The monoisotopic (exact) mass is 218 g/mol. The maximum absolute atomic E-state index is 11.6. The fourth-order valence-corrected chi connectivity index (χ4v) is 1.88. The number of hydrogen-bond acceptors (Lipinski definition) is 2. The molecule has 3 nitrogen and oxygen atoms in total. The number of aromatic nitrogens is 1. The third-order valence-corrected chi connectivity index (χ3v) is 2.85. The van der Waals surface area contributed by atoms with Crippen molar-refractivity contribution in [3.8, 4) is 0 Å². The van der Waals surface area contributed by atoms with Gasteiger partial charge in [0.2, 0.25) is 5.91 Å². The molecular formula is C13H18N2O. The van der Waals surface area contributed by atoms with Crippen molar-refractivity contribution in [3.05, 3.63) is 23.9 Å². The van der Waals surface area contributed by atoms with Gasteiger partial charge in [-0.2, -0.15) is 0 Å². The molecule has 0 atom stereocenters. The largest absolute Gasteiger partial charge is 0.297 e. The van der Waals surface area contributed by atoms with Gasteiger partial charge >= 0.3 is 0 Å². The zero-order valence-electron chi connectivity index (χ0n) is 10.2. The summed E-state index contributed by atoms with van der Waals surface area (Å²) in [7, 11) is 0. The predicted molar refractivity (Wildman–Crippen MR) is 64.5 cm³/mol. The van der Waals surface area contributed by atoms with Gasteiger partial charge in [-0.3, -0.25) is 9.69 Å². The molecule has 0 bridgehead atoms. The fourth-order valence-electron chi connectivity index (χ4n) is 1.88. The number of amides is 1. The molecule has 86 valence electrons. The number of carbonyl (C=O) groups is 1. The van der Waals surface area contributed by atoms with E-state index in [0.717, 1.165) is 24.5 Å². The number of rotatable bonds is 1. The minimum Gasteiger partial charge on any atom is -0.297 e. The number of pyridine rings is 1. The summed E-state index contributed by atoms with van der Waals surface area (Å²) in [5.74, 6) is 0.994. The van der Waals surface area contributed by atoms with Crippen LogP contribution in [0.4, 0.5) is 5.82 Å². The van der Waals surface area contributed by atoms with Gasteiger partial charge in [-0.15, -0.1) is 0 Å². The molecule has 0 radical (unpaired) electrons. The first kappa shape index (κ1) is 11.1. The lowest BCUT2D eigenvalue weighted by Crippen LogP contribution is -2.26. The van der Waals surface area contributed by atoms with Crippen molar-refractivity contribution in [2.45, 2.75) is 39.0 Å². The molecule has 1 aliphatic rings. The Bertz CT molecular complexity index is 407. The Labute approximate surface area is 96.5 Å². The molecule has 0 saturated carbocycles. The molecule has 0 unspecified atom stereocenters. The summed E-state index contributed by atoms with van der Waals surface area (Å²) in [6, 6.07) is 5.91. The summed E-state index contributed by atoms with van der Waals surface area (Å²) in [4.78, 5) is 18.0. The maximum Gasteiger partial charge on any atom is 0.228 e. The molecule has 16 heavy (non-hydrogen) atoms. The number of hydrogen-bond donors (Lipinski definition) is 0. The van der Waals surface area contributed by atoms with E-state index in [1.165, 1.54) is 0 Å². The van der Waals surface area contributed by atoms with Crippen LogP contribution in [0.1, 0.15) is 39.3 Å². The quantitative estimate of drug-likeness (QED) is 0.725. The second kappa shape index (κ2) is 3.89. The molecule has 0 aliphatic carbocycles. The van der Waals surface area contributed by atoms with E-state index in [4.69, 9.17) is 0 Å². The summed E-state index contributed by atoms with van der Waals surface area (Å²) in [6.07, 6.45) is 1.60. The summed E-state index contributed by atoms with van der Waals surface area (Å²) in [6.45, 7) is 7.19. The van der Waals surface area contributed by atoms with Crippen molar-refractivity contribution in [3.63, 3.8) is 0 Å². The molecule has 1 aromatic heterocycles. The van der Waals surface area contributed by atoms with Crippen molar-refractivity contribution in [1.82, 2.24) is 4.98 Å². The molecule has 1 fully saturated rings. The van der Waals surface area contributed by atoms with Gasteiger partial charge in [0.05, 0.1) is 0 Å². The molecule has 1 amide bonds. The van der Waals surface area contributed by atoms with Crippen LogP contribution in [0.25, 0.3) is 0 Å². The van der Waals surface area contributed by atoms with Crippen LogP contribution in [0, 0.1) is 0 Å². The van der Waals surface area contributed by atoms with E-state index < -0.39 is 0 Å². The maximum atomic E-state index is 11.6. The van der Waals surface area contributed by atoms with Crippen LogP contribution in [0.2, 0.25) is 0 Å². The minimum atomic E-state index is 0.0266. The van der Waals surface area contributed by atoms with Crippen molar-refractivity contribution in [2.24, 2.45) is 0 Å². The zero-order valence-corrected chi connectivity index (χ0v) is 10.2. The van der Waals surface area contributed by atoms with E-state index >= 15 is 0 Å². The fraction of sp³-hybridized carbons (Fsp3) is 0.538. The SMILES string of the molecule is CC(C)(C)c1cccc(N2CCCC2=O)n1. The van der Waals surface area contributed by atoms with E-state index in [1.54, 1.807) is 4.90 Å². The highest BCUT2D eigenvalue weighted by Gasteiger charge is 2.24. The van der Waals surface area contributed by atoms with Gasteiger partial charge in [0.25, 0.3) is 0 Å². The van der Waals surface area contributed by atoms with E-state index in [2.05, 4.69) is 25.8 Å².